The fourth-order valence-corrected chi connectivity index (χ4v) is 3.75. The molecule has 0 fully saturated rings. The number of rotatable bonds is 7. The Labute approximate surface area is 149 Å². The van der Waals surface area contributed by atoms with Gasteiger partial charge in [0.15, 0.2) is 5.16 Å². The molecule has 0 bridgehead atoms. The molecule has 3 rings (SSSR count). The van der Waals surface area contributed by atoms with Crippen molar-refractivity contribution in [3.8, 4) is 0 Å². The molecule has 0 saturated heterocycles. The molecule has 1 N–H and O–H groups in total. The quantitative estimate of drug-likeness (QED) is 0.521. The Bertz CT molecular complexity index is 798. The van der Waals surface area contributed by atoms with Gasteiger partial charge < -0.3 is 9.88 Å². The number of aromatic nitrogens is 3. The summed E-state index contributed by atoms with van der Waals surface area (Å²) in [6, 6.07) is 10.1. The van der Waals surface area contributed by atoms with Crippen LogP contribution in [0.3, 0.4) is 0 Å². The molecule has 24 heavy (non-hydrogen) atoms. The number of aryl methyl sites for hydroxylation is 1. The number of hydrogen-bond donors (Lipinski definition) is 1. The molecule has 124 valence electrons. The zero-order valence-electron chi connectivity index (χ0n) is 13.3. The van der Waals surface area contributed by atoms with Crippen LogP contribution in [-0.4, -0.2) is 32.7 Å². The second kappa shape index (κ2) is 8.12. The molecule has 0 aliphatic rings. The lowest BCUT2D eigenvalue weighted by molar-refractivity contribution is 0.0951. The third-order valence-electron chi connectivity index (χ3n) is 3.38. The highest BCUT2D eigenvalue weighted by atomic mass is 32.2. The van der Waals surface area contributed by atoms with E-state index in [2.05, 4.69) is 27.4 Å². The first-order chi connectivity index (χ1) is 11.7. The molecule has 0 unspecified atom stereocenters. The summed E-state index contributed by atoms with van der Waals surface area (Å²) in [5.41, 5.74) is 1.69. The van der Waals surface area contributed by atoms with Crippen molar-refractivity contribution in [1.82, 2.24) is 19.9 Å². The average Bonchev–Trinajstić information content (AvgIpc) is 3.22. The van der Waals surface area contributed by atoms with Gasteiger partial charge in [0.2, 0.25) is 0 Å². The first-order valence-electron chi connectivity index (χ1n) is 7.59. The highest BCUT2D eigenvalue weighted by molar-refractivity contribution is 7.99. The Morgan fingerprint density at radius 1 is 1.33 bits per heavy atom. The molecule has 7 heteroatoms. The number of thioether (sulfide) groups is 1. The van der Waals surface area contributed by atoms with Gasteiger partial charge in [-0.2, -0.15) is 0 Å². The largest absolute Gasteiger partial charge is 0.350 e. The van der Waals surface area contributed by atoms with Gasteiger partial charge in [0.1, 0.15) is 5.69 Å². The van der Waals surface area contributed by atoms with Gasteiger partial charge in [0.25, 0.3) is 5.91 Å². The van der Waals surface area contributed by atoms with Crippen LogP contribution in [0.4, 0.5) is 0 Å². The Balaban J connectivity index is 1.46. The number of benzene rings is 1. The van der Waals surface area contributed by atoms with Crippen molar-refractivity contribution in [2.75, 3.05) is 12.3 Å². The molecule has 0 atom stereocenters. The Hall–Kier alpha value is -2.12. The van der Waals surface area contributed by atoms with Gasteiger partial charge in [-0.05, 0) is 5.56 Å². The molecule has 0 aliphatic heterocycles. The number of imidazole rings is 1. The fourth-order valence-electron chi connectivity index (χ4n) is 2.16. The molecule has 2 aromatic heterocycles. The van der Waals surface area contributed by atoms with Crippen LogP contribution in [0.25, 0.3) is 0 Å². The minimum absolute atomic E-state index is 0.119. The van der Waals surface area contributed by atoms with E-state index >= 15 is 0 Å². The maximum Gasteiger partial charge on any atom is 0.270 e. The molecule has 0 spiro atoms. The summed E-state index contributed by atoms with van der Waals surface area (Å²) < 4.78 is 1.96. The van der Waals surface area contributed by atoms with Crippen molar-refractivity contribution < 1.29 is 4.79 Å². The van der Waals surface area contributed by atoms with E-state index in [1.54, 1.807) is 18.0 Å². The summed E-state index contributed by atoms with van der Waals surface area (Å²) in [6.07, 6.45) is 4.43. The Morgan fingerprint density at radius 3 is 2.92 bits per heavy atom. The van der Waals surface area contributed by atoms with Crippen LogP contribution in [-0.2, 0) is 13.5 Å². The summed E-state index contributed by atoms with van der Waals surface area (Å²) in [7, 11) is 1.96. The minimum atomic E-state index is -0.119. The molecule has 2 heterocycles. The smallest absolute Gasteiger partial charge is 0.270 e. The Kier molecular flexibility index (Phi) is 5.66. The molecule has 3 aromatic rings. The van der Waals surface area contributed by atoms with E-state index in [0.717, 1.165) is 22.3 Å². The third-order valence-corrected chi connectivity index (χ3v) is 5.29. The minimum Gasteiger partial charge on any atom is -0.350 e. The predicted molar refractivity (Wildman–Crippen MR) is 97.6 cm³/mol. The van der Waals surface area contributed by atoms with Gasteiger partial charge >= 0.3 is 0 Å². The normalized spacial score (nSPS) is 10.7. The van der Waals surface area contributed by atoms with Crippen molar-refractivity contribution in [3.63, 3.8) is 0 Å². The van der Waals surface area contributed by atoms with E-state index in [0.29, 0.717) is 12.2 Å². The van der Waals surface area contributed by atoms with Crippen LogP contribution < -0.4 is 5.32 Å². The number of nitrogens with zero attached hydrogens (tertiary/aromatic N) is 3. The molecule has 1 amide bonds. The van der Waals surface area contributed by atoms with Crippen LogP contribution >= 0.6 is 23.1 Å². The highest BCUT2D eigenvalue weighted by Gasteiger charge is 2.11. The van der Waals surface area contributed by atoms with Gasteiger partial charge in [0.05, 0.1) is 5.01 Å². The average molecular weight is 358 g/mol. The van der Waals surface area contributed by atoms with Crippen molar-refractivity contribution in [2.24, 2.45) is 7.05 Å². The number of nitrogens with one attached hydrogen (secondary N) is 1. The van der Waals surface area contributed by atoms with E-state index in [1.165, 1.54) is 16.9 Å². The standard InChI is InChI=1S/C17H18N4OS2/c1-21-9-7-19-17(21)23-10-8-18-16(22)14-12-24-15(20-14)11-13-5-3-2-4-6-13/h2-7,9,12H,8,10-11H2,1H3,(H,18,22). The first-order valence-corrected chi connectivity index (χ1v) is 9.45. The van der Waals surface area contributed by atoms with Gasteiger partial charge in [-0.3, -0.25) is 4.79 Å². The van der Waals surface area contributed by atoms with Crippen molar-refractivity contribution in [2.45, 2.75) is 11.6 Å². The predicted octanol–water partition coefficient (Wildman–Crippen LogP) is 2.99. The van der Waals surface area contributed by atoms with E-state index in [4.69, 9.17) is 0 Å². The Morgan fingerprint density at radius 2 is 2.17 bits per heavy atom. The summed E-state index contributed by atoms with van der Waals surface area (Å²) >= 11 is 3.14. The van der Waals surface area contributed by atoms with E-state index in [1.807, 2.05) is 41.4 Å². The van der Waals surface area contributed by atoms with Gasteiger partial charge in [0, 0.05) is 43.5 Å². The second-order valence-electron chi connectivity index (χ2n) is 5.21. The summed E-state index contributed by atoms with van der Waals surface area (Å²) in [6.45, 7) is 0.585. The summed E-state index contributed by atoms with van der Waals surface area (Å²) in [4.78, 5) is 20.8. The summed E-state index contributed by atoms with van der Waals surface area (Å²) in [5, 5.41) is 6.62. The lowest BCUT2D eigenvalue weighted by Gasteiger charge is -2.03. The molecule has 0 saturated carbocycles. The highest BCUT2D eigenvalue weighted by Crippen LogP contribution is 2.15. The monoisotopic (exact) mass is 358 g/mol. The lowest BCUT2D eigenvalue weighted by Crippen LogP contribution is -2.26. The molecule has 0 radical (unpaired) electrons. The number of thiazole rings is 1. The van der Waals surface area contributed by atoms with Crippen molar-refractivity contribution >= 4 is 29.0 Å². The van der Waals surface area contributed by atoms with Crippen molar-refractivity contribution in [1.29, 1.82) is 0 Å². The lowest BCUT2D eigenvalue weighted by atomic mass is 10.2. The molecule has 0 aliphatic carbocycles. The number of hydrogen-bond acceptors (Lipinski definition) is 5. The van der Waals surface area contributed by atoms with Crippen LogP contribution in [0.5, 0.6) is 0 Å². The molecular weight excluding hydrogens is 340 g/mol. The maximum absolute atomic E-state index is 12.1. The first kappa shape index (κ1) is 16.7. The SMILES string of the molecule is Cn1ccnc1SCCNC(=O)c1csc(Cc2ccccc2)n1. The number of carbonyl (C=O) groups is 1. The van der Waals surface area contributed by atoms with Crippen LogP contribution in [0.2, 0.25) is 0 Å². The molecular formula is C17H18N4OS2. The number of amides is 1. The summed E-state index contributed by atoms with van der Waals surface area (Å²) in [5.74, 6) is 0.656. The maximum atomic E-state index is 12.1. The van der Waals surface area contributed by atoms with E-state index in [9.17, 15) is 4.79 Å². The van der Waals surface area contributed by atoms with Crippen LogP contribution in [0, 0.1) is 0 Å². The van der Waals surface area contributed by atoms with Gasteiger partial charge in [-0.25, -0.2) is 9.97 Å². The zero-order valence-corrected chi connectivity index (χ0v) is 14.9. The van der Waals surface area contributed by atoms with Gasteiger partial charge in [-0.15, -0.1) is 11.3 Å². The van der Waals surface area contributed by atoms with Crippen LogP contribution in [0.15, 0.2) is 53.3 Å². The van der Waals surface area contributed by atoms with E-state index in [-0.39, 0.29) is 5.91 Å². The molecule has 1 aromatic carbocycles. The molecule has 5 nitrogen and oxygen atoms in total. The topological polar surface area (TPSA) is 59.8 Å². The fraction of sp³-hybridized carbons (Fsp3) is 0.235. The second-order valence-corrected chi connectivity index (χ2v) is 7.22. The zero-order chi connectivity index (χ0) is 16.8. The van der Waals surface area contributed by atoms with E-state index < -0.39 is 0 Å². The van der Waals surface area contributed by atoms with Crippen LogP contribution in [0.1, 0.15) is 21.1 Å². The van der Waals surface area contributed by atoms with Crippen molar-refractivity contribution in [3.05, 3.63) is 64.4 Å². The third kappa shape index (κ3) is 4.46. The number of carbonyl (C=O) groups excluding carboxylic acids is 1. The van der Waals surface area contributed by atoms with Gasteiger partial charge in [-0.1, -0.05) is 42.1 Å².